The van der Waals surface area contributed by atoms with E-state index in [1.54, 1.807) is 0 Å². The third-order valence-corrected chi connectivity index (χ3v) is 3.55. The molecule has 1 unspecified atom stereocenters. The van der Waals surface area contributed by atoms with Gasteiger partial charge in [-0.05, 0) is 31.1 Å². The van der Waals surface area contributed by atoms with Crippen LogP contribution in [-0.2, 0) is 4.74 Å². The van der Waals surface area contributed by atoms with E-state index in [1.807, 2.05) is 0 Å². The fraction of sp³-hybridized carbons (Fsp3) is 1.00. The Morgan fingerprint density at radius 2 is 1.79 bits per heavy atom. The molecule has 1 aliphatic heterocycles. The van der Waals surface area contributed by atoms with Crippen LogP contribution in [0.1, 0.15) is 40.5 Å². The van der Waals surface area contributed by atoms with Crippen LogP contribution < -0.4 is 5.32 Å². The Kier molecular flexibility index (Phi) is 4.39. The van der Waals surface area contributed by atoms with Gasteiger partial charge in [-0.3, -0.25) is 0 Å². The van der Waals surface area contributed by atoms with Crippen molar-refractivity contribution >= 4 is 0 Å². The summed E-state index contributed by atoms with van der Waals surface area (Å²) in [7, 11) is 0. The van der Waals surface area contributed by atoms with Crippen molar-refractivity contribution in [3.8, 4) is 0 Å². The molecule has 0 aromatic carbocycles. The summed E-state index contributed by atoms with van der Waals surface area (Å²) in [4.78, 5) is 0. The summed E-state index contributed by atoms with van der Waals surface area (Å²) in [6.07, 6.45) is 2.40. The average Bonchev–Trinajstić information content (AvgIpc) is 2.15. The van der Waals surface area contributed by atoms with Crippen molar-refractivity contribution in [3.63, 3.8) is 0 Å². The van der Waals surface area contributed by atoms with Crippen molar-refractivity contribution in [2.24, 2.45) is 11.3 Å². The third-order valence-electron chi connectivity index (χ3n) is 3.55. The van der Waals surface area contributed by atoms with Gasteiger partial charge in [0.1, 0.15) is 0 Å². The number of nitrogens with one attached hydrogen (secondary N) is 1. The van der Waals surface area contributed by atoms with E-state index in [4.69, 9.17) is 4.74 Å². The van der Waals surface area contributed by atoms with Crippen molar-refractivity contribution in [3.05, 3.63) is 0 Å². The molecule has 1 aliphatic rings. The van der Waals surface area contributed by atoms with Gasteiger partial charge in [-0.25, -0.2) is 0 Å². The maximum atomic E-state index is 5.39. The molecule has 1 saturated heterocycles. The van der Waals surface area contributed by atoms with Gasteiger partial charge in [0.15, 0.2) is 0 Å². The average molecular weight is 199 g/mol. The lowest BCUT2D eigenvalue weighted by molar-refractivity contribution is 0.0225. The van der Waals surface area contributed by atoms with Gasteiger partial charge in [0.25, 0.3) is 0 Å². The first-order valence-electron chi connectivity index (χ1n) is 5.85. The zero-order valence-electron chi connectivity index (χ0n) is 10.1. The summed E-state index contributed by atoms with van der Waals surface area (Å²) in [5.41, 5.74) is 0.460. The van der Waals surface area contributed by atoms with E-state index in [1.165, 1.54) is 12.8 Å². The molecular weight excluding hydrogens is 174 g/mol. The van der Waals surface area contributed by atoms with Crippen LogP contribution in [0.2, 0.25) is 0 Å². The maximum Gasteiger partial charge on any atom is 0.0471 e. The van der Waals surface area contributed by atoms with Crippen molar-refractivity contribution in [1.29, 1.82) is 0 Å². The van der Waals surface area contributed by atoms with E-state index in [0.29, 0.717) is 11.5 Å². The Bertz CT molecular complexity index is 162. The zero-order valence-corrected chi connectivity index (χ0v) is 10.1. The molecule has 2 heteroatoms. The summed E-state index contributed by atoms with van der Waals surface area (Å²) in [5, 5.41) is 3.64. The monoisotopic (exact) mass is 199 g/mol. The minimum absolute atomic E-state index is 0.460. The van der Waals surface area contributed by atoms with Gasteiger partial charge in [0.2, 0.25) is 0 Å². The smallest absolute Gasteiger partial charge is 0.0471 e. The minimum atomic E-state index is 0.460. The molecule has 84 valence electrons. The molecule has 1 atom stereocenters. The van der Waals surface area contributed by atoms with Gasteiger partial charge in [0, 0.05) is 25.8 Å². The molecule has 0 radical (unpaired) electrons. The van der Waals surface area contributed by atoms with Gasteiger partial charge in [-0.2, -0.15) is 0 Å². The molecule has 0 bridgehead atoms. The quantitative estimate of drug-likeness (QED) is 0.751. The summed E-state index contributed by atoms with van der Waals surface area (Å²) in [5.74, 6) is 0.721. The molecule has 1 N–H and O–H groups in total. The second-order valence-electron chi connectivity index (χ2n) is 5.34. The van der Waals surface area contributed by atoms with Crippen LogP contribution in [0, 0.1) is 11.3 Å². The highest BCUT2D eigenvalue weighted by molar-refractivity contribution is 4.81. The molecule has 1 fully saturated rings. The fourth-order valence-corrected chi connectivity index (χ4v) is 1.68. The predicted molar refractivity (Wildman–Crippen MR) is 60.5 cm³/mol. The second kappa shape index (κ2) is 5.13. The molecule has 1 heterocycles. The molecular formula is C12H25NO. The van der Waals surface area contributed by atoms with E-state index in [9.17, 15) is 0 Å². The Labute approximate surface area is 88.4 Å². The zero-order chi connectivity index (χ0) is 10.6. The van der Waals surface area contributed by atoms with Crippen LogP contribution in [-0.4, -0.2) is 25.8 Å². The van der Waals surface area contributed by atoms with Crippen LogP contribution in [0.4, 0.5) is 0 Å². The van der Waals surface area contributed by atoms with Gasteiger partial charge < -0.3 is 10.1 Å². The fourth-order valence-electron chi connectivity index (χ4n) is 1.68. The third kappa shape index (κ3) is 3.58. The molecule has 0 amide bonds. The Balaban J connectivity index is 2.28. The lowest BCUT2D eigenvalue weighted by Gasteiger charge is -2.35. The SMILES string of the molecule is CC(C)C(C)NCC1(C)CCOCC1. The molecule has 0 saturated carbocycles. The van der Waals surface area contributed by atoms with E-state index >= 15 is 0 Å². The molecule has 2 nitrogen and oxygen atoms in total. The Morgan fingerprint density at radius 3 is 2.29 bits per heavy atom. The predicted octanol–water partition coefficient (Wildman–Crippen LogP) is 2.44. The molecule has 1 rings (SSSR count). The van der Waals surface area contributed by atoms with Gasteiger partial charge in [-0.15, -0.1) is 0 Å². The van der Waals surface area contributed by atoms with Gasteiger partial charge >= 0.3 is 0 Å². The van der Waals surface area contributed by atoms with Gasteiger partial charge in [-0.1, -0.05) is 20.8 Å². The molecule has 0 aromatic rings. The largest absolute Gasteiger partial charge is 0.381 e. The number of hydrogen-bond donors (Lipinski definition) is 1. The van der Waals surface area contributed by atoms with Crippen molar-refractivity contribution < 1.29 is 4.74 Å². The van der Waals surface area contributed by atoms with E-state index < -0.39 is 0 Å². The van der Waals surface area contributed by atoms with Gasteiger partial charge in [0.05, 0.1) is 0 Å². The maximum absolute atomic E-state index is 5.39. The molecule has 14 heavy (non-hydrogen) atoms. The Hall–Kier alpha value is -0.0800. The first-order valence-corrected chi connectivity index (χ1v) is 5.85. The van der Waals surface area contributed by atoms with E-state index in [2.05, 4.69) is 33.0 Å². The highest BCUT2D eigenvalue weighted by atomic mass is 16.5. The normalized spacial score (nSPS) is 23.8. The first-order chi connectivity index (χ1) is 6.53. The van der Waals surface area contributed by atoms with Crippen molar-refractivity contribution in [2.45, 2.75) is 46.6 Å². The van der Waals surface area contributed by atoms with E-state index in [0.717, 1.165) is 25.7 Å². The lowest BCUT2D eigenvalue weighted by Crippen LogP contribution is -2.41. The summed E-state index contributed by atoms with van der Waals surface area (Å²) in [6, 6.07) is 0.620. The summed E-state index contributed by atoms with van der Waals surface area (Å²) >= 11 is 0. The highest BCUT2D eigenvalue weighted by Crippen LogP contribution is 2.28. The first kappa shape index (κ1) is 12.0. The number of hydrogen-bond acceptors (Lipinski definition) is 2. The summed E-state index contributed by atoms with van der Waals surface area (Å²) in [6.45, 7) is 12.2. The Morgan fingerprint density at radius 1 is 1.21 bits per heavy atom. The highest BCUT2D eigenvalue weighted by Gasteiger charge is 2.27. The number of ether oxygens (including phenoxy) is 1. The van der Waals surface area contributed by atoms with E-state index in [-0.39, 0.29) is 0 Å². The van der Waals surface area contributed by atoms with Crippen LogP contribution in [0.25, 0.3) is 0 Å². The van der Waals surface area contributed by atoms with Crippen LogP contribution in [0.15, 0.2) is 0 Å². The van der Waals surface area contributed by atoms with Crippen molar-refractivity contribution in [1.82, 2.24) is 5.32 Å². The molecule has 0 aromatic heterocycles. The van der Waals surface area contributed by atoms with Crippen LogP contribution >= 0.6 is 0 Å². The standard InChI is InChI=1S/C12H25NO/c1-10(2)11(3)13-9-12(4)5-7-14-8-6-12/h10-11,13H,5-9H2,1-4H3. The van der Waals surface area contributed by atoms with Crippen LogP contribution in [0.3, 0.4) is 0 Å². The molecule has 0 aliphatic carbocycles. The van der Waals surface area contributed by atoms with Crippen LogP contribution in [0.5, 0.6) is 0 Å². The number of rotatable bonds is 4. The second-order valence-corrected chi connectivity index (χ2v) is 5.34. The topological polar surface area (TPSA) is 21.3 Å². The van der Waals surface area contributed by atoms with Crippen molar-refractivity contribution in [2.75, 3.05) is 19.8 Å². The summed E-state index contributed by atoms with van der Waals surface area (Å²) < 4.78 is 5.39. The lowest BCUT2D eigenvalue weighted by atomic mass is 9.82. The molecule has 0 spiro atoms. The minimum Gasteiger partial charge on any atom is -0.381 e.